The highest BCUT2D eigenvalue weighted by atomic mass is 16.5. The van der Waals surface area contributed by atoms with E-state index in [2.05, 4.69) is 10.1 Å². The zero-order chi connectivity index (χ0) is 9.97. The van der Waals surface area contributed by atoms with E-state index in [9.17, 15) is 5.11 Å². The van der Waals surface area contributed by atoms with E-state index in [1.165, 1.54) is 19.3 Å². The Morgan fingerprint density at radius 1 is 1.36 bits per heavy atom. The lowest BCUT2D eigenvalue weighted by Gasteiger charge is -2.17. The molecule has 0 aliphatic heterocycles. The van der Waals surface area contributed by atoms with Crippen molar-refractivity contribution in [2.24, 2.45) is 0 Å². The SMILES string of the molecule is CC(O)c1nc(C2CCCCC2)no1. The van der Waals surface area contributed by atoms with Crippen LogP contribution in [0.2, 0.25) is 0 Å². The van der Waals surface area contributed by atoms with Gasteiger partial charge in [-0.05, 0) is 19.8 Å². The molecule has 1 aromatic rings. The van der Waals surface area contributed by atoms with E-state index in [4.69, 9.17) is 4.52 Å². The van der Waals surface area contributed by atoms with Gasteiger partial charge in [0.05, 0.1) is 0 Å². The van der Waals surface area contributed by atoms with Crippen molar-refractivity contribution in [3.63, 3.8) is 0 Å². The molecule has 0 bridgehead atoms. The van der Waals surface area contributed by atoms with E-state index >= 15 is 0 Å². The van der Waals surface area contributed by atoms with Crippen LogP contribution in [-0.4, -0.2) is 15.2 Å². The zero-order valence-electron chi connectivity index (χ0n) is 8.44. The van der Waals surface area contributed by atoms with Crippen LogP contribution in [0.1, 0.15) is 62.8 Å². The summed E-state index contributed by atoms with van der Waals surface area (Å²) in [5.74, 6) is 1.56. The lowest BCUT2D eigenvalue weighted by atomic mass is 9.89. The van der Waals surface area contributed by atoms with Crippen molar-refractivity contribution < 1.29 is 9.63 Å². The molecule has 14 heavy (non-hydrogen) atoms. The van der Waals surface area contributed by atoms with Crippen LogP contribution in [0.25, 0.3) is 0 Å². The molecule has 1 unspecified atom stereocenters. The number of aromatic nitrogens is 2. The van der Waals surface area contributed by atoms with Crippen molar-refractivity contribution in [1.29, 1.82) is 0 Å². The highest BCUT2D eigenvalue weighted by Gasteiger charge is 2.21. The molecule has 4 heteroatoms. The quantitative estimate of drug-likeness (QED) is 0.787. The molecule has 78 valence electrons. The maximum atomic E-state index is 9.24. The average molecular weight is 196 g/mol. The Hall–Kier alpha value is -0.900. The molecule has 1 aliphatic rings. The second-order valence-electron chi connectivity index (χ2n) is 4.00. The molecule has 0 saturated heterocycles. The fourth-order valence-corrected chi connectivity index (χ4v) is 1.94. The second kappa shape index (κ2) is 4.09. The first-order valence-corrected chi connectivity index (χ1v) is 5.29. The molecule has 1 aromatic heterocycles. The van der Waals surface area contributed by atoms with Gasteiger partial charge in [-0.1, -0.05) is 24.4 Å². The summed E-state index contributed by atoms with van der Waals surface area (Å²) in [4.78, 5) is 4.21. The summed E-state index contributed by atoms with van der Waals surface area (Å²) >= 11 is 0. The zero-order valence-corrected chi connectivity index (χ0v) is 8.44. The Morgan fingerprint density at radius 3 is 2.64 bits per heavy atom. The Morgan fingerprint density at radius 2 is 2.07 bits per heavy atom. The predicted molar refractivity (Wildman–Crippen MR) is 50.8 cm³/mol. The Kier molecular flexibility index (Phi) is 2.82. The number of aliphatic hydroxyl groups is 1. The van der Waals surface area contributed by atoms with Crippen molar-refractivity contribution in [3.8, 4) is 0 Å². The van der Waals surface area contributed by atoms with Crippen LogP contribution < -0.4 is 0 Å². The van der Waals surface area contributed by atoms with Crippen LogP contribution in [-0.2, 0) is 0 Å². The van der Waals surface area contributed by atoms with Gasteiger partial charge in [-0.2, -0.15) is 4.98 Å². The van der Waals surface area contributed by atoms with Crippen molar-refractivity contribution >= 4 is 0 Å². The van der Waals surface area contributed by atoms with Gasteiger partial charge in [-0.15, -0.1) is 0 Å². The third kappa shape index (κ3) is 1.95. The second-order valence-corrected chi connectivity index (χ2v) is 4.00. The minimum absolute atomic E-state index is 0.338. The first-order valence-electron chi connectivity index (χ1n) is 5.29. The van der Waals surface area contributed by atoms with Crippen LogP contribution in [0.15, 0.2) is 4.52 Å². The molecule has 0 radical (unpaired) electrons. The molecule has 1 saturated carbocycles. The van der Waals surface area contributed by atoms with Gasteiger partial charge in [0.2, 0.25) is 0 Å². The van der Waals surface area contributed by atoms with Crippen molar-refractivity contribution in [1.82, 2.24) is 10.1 Å². The highest BCUT2D eigenvalue weighted by Crippen LogP contribution is 2.31. The molecule has 1 heterocycles. The topological polar surface area (TPSA) is 59.2 Å². The Bertz CT molecular complexity index is 290. The molecule has 2 rings (SSSR count). The summed E-state index contributed by atoms with van der Waals surface area (Å²) in [5, 5.41) is 13.2. The first-order chi connectivity index (χ1) is 6.77. The van der Waals surface area contributed by atoms with Gasteiger partial charge in [0.25, 0.3) is 5.89 Å². The maximum absolute atomic E-state index is 9.24. The average Bonchev–Trinajstić information content (AvgIpc) is 2.68. The van der Waals surface area contributed by atoms with Crippen LogP contribution in [0, 0.1) is 0 Å². The molecule has 1 fully saturated rings. The third-order valence-corrected chi connectivity index (χ3v) is 2.79. The molecular weight excluding hydrogens is 180 g/mol. The summed E-state index contributed by atoms with van der Waals surface area (Å²) in [5.41, 5.74) is 0. The van der Waals surface area contributed by atoms with E-state index in [1.807, 2.05) is 0 Å². The predicted octanol–water partition coefficient (Wildman–Crippen LogP) is 2.17. The van der Waals surface area contributed by atoms with E-state index in [-0.39, 0.29) is 0 Å². The van der Waals surface area contributed by atoms with Gasteiger partial charge in [-0.25, -0.2) is 0 Å². The number of nitrogens with zero attached hydrogens (tertiary/aromatic N) is 2. The summed E-state index contributed by atoms with van der Waals surface area (Å²) in [6.45, 7) is 1.64. The van der Waals surface area contributed by atoms with E-state index in [0.717, 1.165) is 18.7 Å². The minimum atomic E-state index is -0.653. The first kappa shape index (κ1) is 9.65. The van der Waals surface area contributed by atoms with E-state index in [0.29, 0.717) is 11.8 Å². The van der Waals surface area contributed by atoms with Crippen LogP contribution in [0.3, 0.4) is 0 Å². The van der Waals surface area contributed by atoms with Gasteiger partial charge in [-0.3, -0.25) is 0 Å². The van der Waals surface area contributed by atoms with Crippen LogP contribution >= 0.6 is 0 Å². The third-order valence-electron chi connectivity index (χ3n) is 2.79. The largest absolute Gasteiger partial charge is 0.384 e. The van der Waals surface area contributed by atoms with E-state index < -0.39 is 6.10 Å². The lowest BCUT2D eigenvalue weighted by Crippen LogP contribution is -2.06. The minimum Gasteiger partial charge on any atom is -0.384 e. The normalized spacial score (nSPS) is 21.0. The molecule has 0 aromatic carbocycles. The van der Waals surface area contributed by atoms with Crippen molar-refractivity contribution in [3.05, 3.63) is 11.7 Å². The number of rotatable bonds is 2. The molecular formula is C10H16N2O2. The fraction of sp³-hybridized carbons (Fsp3) is 0.800. The Labute approximate surface area is 83.3 Å². The maximum Gasteiger partial charge on any atom is 0.255 e. The fourth-order valence-electron chi connectivity index (χ4n) is 1.94. The van der Waals surface area contributed by atoms with Crippen molar-refractivity contribution in [2.75, 3.05) is 0 Å². The van der Waals surface area contributed by atoms with Crippen LogP contribution in [0.5, 0.6) is 0 Å². The van der Waals surface area contributed by atoms with E-state index in [1.54, 1.807) is 6.92 Å². The molecule has 4 nitrogen and oxygen atoms in total. The van der Waals surface area contributed by atoms with Gasteiger partial charge < -0.3 is 9.63 Å². The lowest BCUT2D eigenvalue weighted by molar-refractivity contribution is 0.151. The Balaban J connectivity index is 2.07. The molecule has 1 N–H and O–H groups in total. The van der Waals surface area contributed by atoms with Gasteiger partial charge >= 0.3 is 0 Å². The molecule has 0 spiro atoms. The van der Waals surface area contributed by atoms with Gasteiger partial charge in [0, 0.05) is 5.92 Å². The van der Waals surface area contributed by atoms with Gasteiger partial charge in [0.15, 0.2) is 5.82 Å². The number of hydrogen-bond donors (Lipinski definition) is 1. The monoisotopic (exact) mass is 196 g/mol. The van der Waals surface area contributed by atoms with Gasteiger partial charge in [0.1, 0.15) is 6.10 Å². The highest BCUT2D eigenvalue weighted by molar-refractivity contribution is 4.97. The molecule has 1 atom stereocenters. The number of aliphatic hydroxyl groups excluding tert-OH is 1. The summed E-state index contributed by atoms with van der Waals surface area (Å²) in [6.07, 6.45) is 5.47. The summed E-state index contributed by atoms with van der Waals surface area (Å²) in [6, 6.07) is 0. The number of hydrogen-bond acceptors (Lipinski definition) is 4. The van der Waals surface area contributed by atoms with Crippen LogP contribution in [0.4, 0.5) is 0 Å². The van der Waals surface area contributed by atoms with Crippen molar-refractivity contribution in [2.45, 2.75) is 51.0 Å². The summed E-state index contributed by atoms with van der Waals surface area (Å²) in [7, 11) is 0. The smallest absolute Gasteiger partial charge is 0.255 e. The standard InChI is InChI=1S/C10H16N2O2/c1-7(13)10-11-9(12-14-10)8-5-3-2-4-6-8/h7-8,13H,2-6H2,1H3. The molecule has 0 amide bonds. The molecule has 1 aliphatic carbocycles. The summed E-state index contributed by atoms with van der Waals surface area (Å²) < 4.78 is 4.97.